The van der Waals surface area contributed by atoms with Gasteiger partial charge in [-0.05, 0) is 57.3 Å². The average Bonchev–Trinajstić information content (AvgIpc) is 2.58. The zero-order valence-electron chi connectivity index (χ0n) is 14.2. The van der Waals surface area contributed by atoms with E-state index < -0.39 is 0 Å². The summed E-state index contributed by atoms with van der Waals surface area (Å²) in [6.45, 7) is 4.85. The third-order valence-electron chi connectivity index (χ3n) is 4.04. The van der Waals surface area contributed by atoms with Crippen LogP contribution in [0.1, 0.15) is 43.0 Å². The van der Waals surface area contributed by atoms with Crippen molar-refractivity contribution in [3.63, 3.8) is 0 Å². The summed E-state index contributed by atoms with van der Waals surface area (Å²) in [7, 11) is 0. The van der Waals surface area contributed by atoms with Gasteiger partial charge in [-0.15, -0.1) is 12.4 Å². The van der Waals surface area contributed by atoms with Crippen molar-refractivity contribution in [3.8, 4) is 5.75 Å². The highest BCUT2D eigenvalue weighted by Crippen LogP contribution is 2.14. The number of hydrogen-bond acceptors (Lipinski definition) is 4. The number of amides is 1. The summed E-state index contributed by atoms with van der Waals surface area (Å²) < 4.78 is 5.60. The molecule has 5 nitrogen and oxygen atoms in total. The van der Waals surface area contributed by atoms with Crippen LogP contribution in [0.25, 0.3) is 0 Å². The molecule has 0 aromatic heterocycles. The topological polar surface area (TPSA) is 67.4 Å². The van der Waals surface area contributed by atoms with E-state index in [0.717, 1.165) is 19.6 Å². The molecule has 1 aliphatic heterocycles. The number of rotatable bonds is 8. The Morgan fingerprint density at radius 2 is 2.21 bits per heavy atom. The fourth-order valence-corrected chi connectivity index (χ4v) is 2.67. The minimum Gasteiger partial charge on any atom is -0.494 e. The summed E-state index contributed by atoms with van der Waals surface area (Å²) in [6.07, 6.45) is 3.50. The van der Waals surface area contributed by atoms with Crippen LogP contribution in [-0.4, -0.2) is 37.9 Å². The molecule has 134 valence electrons. The second kappa shape index (κ2) is 11.0. The number of carbonyl (C=O) groups is 2. The molecule has 0 radical (unpaired) electrons. The van der Waals surface area contributed by atoms with E-state index in [2.05, 4.69) is 10.6 Å². The van der Waals surface area contributed by atoms with Gasteiger partial charge in [-0.2, -0.15) is 0 Å². The van der Waals surface area contributed by atoms with Crippen LogP contribution >= 0.6 is 12.4 Å². The maximum absolute atomic E-state index is 11.8. The van der Waals surface area contributed by atoms with Crippen molar-refractivity contribution in [2.75, 3.05) is 26.2 Å². The molecule has 1 unspecified atom stereocenters. The maximum atomic E-state index is 11.8. The number of benzene rings is 1. The van der Waals surface area contributed by atoms with Crippen molar-refractivity contribution >= 4 is 24.1 Å². The SMILES string of the molecule is CC(=O)c1cccc(OCCCC(=O)NCC2CCCNC2)c1.Cl. The van der Waals surface area contributed by atoms with Gasteiger partial charge in [0, 0.05) is 18.5 Å². The molecule has 2 N–H and O–H groups in total. The highest BCUT2D eigenvalue weighted by Gasteiger charge is 2.13. The number of nitrogens with one attached hydrogen (secondary N) is 2. The van der Waals surface area contributed by atoms with Gasteiger partial charge in [-0.1, -0.05) is 12.1 Å². The molecular formula is C18H27ClN2O3. The molecule has 0 spiro atoms. The Hall–Kier alpha value is -1.59. The Kier molecular flexibility index (Phi) is 9.42. The normalized spacial score (nSPS) is 16.8. The van der Waals surface area contributed by atoms with E-state index in [4.69, 9.17) is 4.74 Å². The highest BCUT2D eigenvalue weighted by molar-refractivity contribution is 5.94. The van der Waals surface area contributed by atoms with Crippen molar-refractivity contribution in [2.24, 2.45) is 5.92 Å². The lowest BCUT2D eigenvalue weighted by molar-refractivity contribution is -0.121. The van der Waals surface area contributed by atoms with Crippen LogP contribution in [0.15, 0.2) is 24.3 Å². The van der Waals surface area contributed by atoms with Crippen molar-refractivity contribution < 1.29 is 14.3 Å². The van der Waals surface area contributed by atoms with Crippen molar-refractivity contribution in [3.05, 3.63) is 29.8 Å². The maximum Gasteiger partial charge on any atom is 0.220 e. The summed E-state index contributed by atoms with van der Waals surface area (Å²) >= 11 is 0. The van der Waals surface area contributed by atoms with Gasteiger partial charge in [0.15, 0.2) is 5.78 Å². The number of carbonyl (C=O) groups excluding carboxylic acids is 2. The fraction of sp³-hybridized carbons (Fsp3) is 0.556. The molecule has 0 bridgehead atoms. The van der Waals surface area contributed by atoms with Gasteiger partial charge in [0.2, 0.25) is 5.91 Å². The van der Waals surface area contributed by atoms with Crippen LogP contribution in [0.2, 0.25) is 0 Å². The molecule has 1 saturated heterocycles. The Morgan fingerprint density at radius 1 is 1.38 bits per heavy atom. The zero-order chi connectivity index (χ0) is 16.5. The van der Waals surface area contributed by atoms with Gasteiger partial charge >= 0.3 is 0 Å². The molecule has 1 aliphatic rings. The number of Topliss-reactive ketones (excluding diaryl/α,β-unsaturated/α-hetero) is 1. The second-order valence-electron chi connectivity index (χ2n) is 6.05. The van der Waals surface area contributed by atoms with Crippen LogP contribution in [0.5, 0.6) is 5.75 Å². The summed E-state index contributed by atoms with van der Waals surface area (Å²) in [6, 6.07) is 7.13. The Morgan fingerprint density at radius 3 is 2.92 bits per heavy atom. The smallest absolute Gasteiger partial charge is 0.220 e. The quantitative estimate of drug-likeness (QED) is 0.556. The molecule has 0 aliphatic carbocycles. The summed E-state index contributed by atoms with van der Waals surface area (Å²) in [4.78, 5) is 23.1. The lowest BCUT2D eigenvalue weighted by Gasteiger charge is -2.22. The molecule has 1 amide bonds. The van der Waals surface area contributed by atoms with Gasteiger partial charge in [-0.25, -0.2) is 0 Å². The first-order chi connectivity index (χ1) is 11.1. The zero-order valence-corrected chi connectivity index (χ0v) is 15.0. The van der Waals surface area contributed by atoms with E-state index >= 15 is 0 Å². The van der Waals surface area contributed by atoms with Gasteiger partial charge in [0.25, 0.3) is 0 Å². The van der Waals surface area contributed by atoms with Crippen LogP contribution in [0.3, 0.4) is 0 Å². The van der Waals surface area contributed by atoms with Gasteiger partial charge in [-0.3, -0.25) is 9.59 Å². The lowest BCUT2D eigenvalue weighted by atomic mass is 10.00. The number of piperidine rings is 1. The molecule has 2 rings (SSSR count). The number of hydrogen-bond donors (Lipinski definition) is 2. The largest absolute Gasteiger partial charge is 0.494 e. The van der Waals surface area contributed by atoms with E-state index in [9.17, 15) is 9.59 Å². The second-order valence-corrected chi connectivity index (χ2v) is 6.05. The van der Waals surface area contributed by atoms with Gasteiger partial charge < -0.3 is 15.4 Å². The number of halogens is 1. The van der Waals surface area contributed by atoms with Crippen LogP contribution in [0, 0.1) is 5.92 Å². The van der Waals surface area contributed by atoms with E-state index in [1.807, 2.05) is 6.07 Å². The van der Waals surface area contributed by atoms with Crippen molar-refractivity contribution in [2.45, 2.75) is 32.6 Å². The minimum atomic E-state index is 0. The third kappa shape index (κ3) is 7.32. The summed E-state index contributed by atoms with van der Waals surface area (Å²) in [5.74, 6) is 1.33. The first kappa shape index (κ1) is 20.5. The molecule has 24 heavy (non-hydrogen) atoms. The fourth-order valence-electron chi connectivity index (χ4n) is 2.67. The van der Waals surface area contributed by atoms with Crippen LogP contribution in [-0.2, 0) is 4.79 Å². The standard InChI is InChI=1S/C18H26N2O3.ClH/c1-14(21)16-6-2-7-17(11-16)23-10-4-8-18(22)20-13-15-5-3-9-19-12-15;/h2,6-7,11,15,19H,3-5,8-10,12-13H2,1H3,(H,20,22);1H. The van der Waals surface area contributed by atoms with Crippen LogP contribution in [0.4, 0.5) is 0 Å². The minimum absolute atomic E-state index is 0. The number of ketones is 1. The summed E-state index contributed by atoms with van der Waals surface area (Å²) in [5, 5.41) is 6.34. The predicted molar refractivity (Wildman–Crippen MR) is 97.0 cm³/mol. The summed E-state index contributed by atoms with van der Waals surface area (Å²) in [5.41, 5.74) is 0.640. The van der Waals surface area contributed by atoms with Crippen molar-refractivity contribution in [1.29, 1.82) is 0 Å². The van der Waals surface area contributed by atoms with E-state index in [0.29, 0.717) is 36.7 Å². The molecule has 1 aromatic carbocycles. The highest BCUT2D eigenvalue weighted by atomic mass is 35.5. The van der Waals surface area contributed by atoms with E-state index in [1.54, 1.807) is 18.2 Å². The first-order valence-electron chi connectivity index (χ1n) is 8.36. The number of ether oxygens (including phenoxy) is 1. The molecule has 0 saturated carbocycles. The predicted octanol–water partition coefficient (Wildman–Crippen LogP) is 2.59. The third-order valence-corrected chi connectivity index (χ3v) is 4.04. The monoisotopic (exact) mass is 354 g/mol. The molecule has 1 atom stereocenters. The average molecular weight is 355 g/mol. The van der Waals surface area contributed by atoms with E-state index in [1.165, 1.54) is 19.8 Å². The first-order valence-corrected chi connectivity index (χ1v) is 8.36. The molecule has 6 heteroatoms. The van der Waals surface area contributed by atoms with Crippen molar-refractivity contribution in [1.82, 2.24) is 10.6 Å². The molecule has 1 aromatic rings. The molecule has 1 heterocycles. The molecule has 1 fully saturated rings. The van der Waals surface area contributed by atoms with Crippen LogP contribution < -0.4 is 15.4 Å². The van der Waals surface area contributed by atoms with Gasteiger partial charge in [0.1, 0.15) is 5.75 Å². The molecular weight excluding hydrogens is 328 g/mol. The Labute approximate surface area is 149 Å². The lowest BCUT2D eigenvalue weighted by Crippen LogP contribution is -2.38. The van der Waals surface area contributed by atoms with E-state index in [-0.39, 0.29) is 24.1 Å². The Bertz CT molecular complexity index is 531. The Balaban J connectivity index is 0.00000288. The van der Waals surface area contributed by atoms with Gasteiger partial charge in [0.05, 0.1) is 6.61 Å².